The van der Waals surface area contributed by atoms with Crippen LogP contribution in [0.25, 0.3) is 22.6 Å². The van der Waals surface area contributed by atoms with Gasteiger partial charge in [-0.25, -0.2) is 9.97 Å². The van der Waals surface area contributed by atoms with E-state index in [4.69, 9.17) is 11.6 Å². The molecule has 21 heavy (non-hydrogen) atoms. The molecule has 0 bridgehead atoms. The van der Waals surface area contributed by atoms with Crippen molar-refractivity contribution < 1.29 is 0 Å². The van der Waals surface area contributed by atoms with E-state index in [-0.39, 0.29) is 0 Å². The van der Waals surface area contributed by atoms with Gasteiger partial charge in [0, 0.05) is 11.1 Å². The summed E-state index contributed by atoms with van der Waals surface area (Å²) in [5.41, 5.74) is 3.92. The van der Waals surface area contributed by atoms with Gasteiger partial charge in [-0.2, -0.15) is 0 Å². The lowest BCUT2D eigenvalue weighted by Crippen LogP contribution is -1.95. The summed E-state index contributed by atoms with van der Waals surface area (Å²) in [4.78, 5) is 9.05. The molecule has 4 heteroatoms. The number of benzene rings is 2. The largest absolute Gasteiger partial charge is 0.227 e. The van der Waals surface area contributed by atoms with Crippen molar-refractivity contribution >= 4 is 27.5 Å². The molecule has 3 aromatic rings. The van der Waals surface area contributed by atoms with E-state index in [1.54, 1.807) is 0 Å². The number of rotatable bonds is 2. The molecule has 0 N–H and O–H groups in total. The van der Waals surface area contributed by atoms with Gasteiger partial charge in [-0.3, -0.25) is 0 Å². The second-order valence-electron chi connectivity index (χ2n) is 4.74. The van der Waals surface area contributed by atoms with Crippen molar-refractivity contribution in [3.8, 4) is 22.6 Å². The molecule has 0 amide bonds. The van der Waals surface area contributed by atoms with Gasteiger partial charge in [-0.05, 0) is 28.9 Å². The molecule has 0 saturated carbocycles. The summed E-state index contributed by atoms with van der Waals surface area (Å²) in [6.45, 7) is 2.04. The molecule has 1 aromatic heterocycles. The highest BCUT2D eigenvalue weighted by atomic mass is 79.9. The Hall–Kier alpha value is -1.71. The van der Waals surface area contributed by atoms with Gasteiger partial charge in [0.25, 0.3) is 0 Å². The Bertz CT molecular complexity index is 788. The van der Waals surface area contributed by atoms with E-state index in [0.29, 0.717) is 15.5 Å². The average molecular weight is 360 g/mol. The lowest BCUT2D eigenvalue weighted by molar-refractivity contribution is 1.16. The molecule has 0 spiro atoms. The van der Waals surface area contributed by atoms with E-state index < -0.39 is 0 Å². The second-order valence-corrected chi connectivity index (χ2v) is 5.89. The Morgan fingerprint density at radius 3 is 2.33 bits per heavy atom. The molecule has 0 saturated heterocycles. The summed E-state index contributed by atoms with van der Waals surface area (Å²) in [6, 6.07) is 18.0. The van der Waals surface area contributed by atoms with Gasteiger partial charge < -0.3 is 0 Å². The Morgan fingerprint density at radius 2 is 1.62 bits per heavy atom. The van der Waals surface area contributed by atoms with Crippen molar-refractivity contribution in [3.63, 3.8) is 0 Å². The highest BCUT2D eigenvalue weighted by Crippen LogP contribution is 2.33. The maximum Gasteiger partial charge on any atom is 0.161 e. The van der Waals surface area contributed by atoms with Crippen LogP contribution in [-0.2, 0) is 0 Å². The first kappa shape index (κ1) is 14.2. The lowest BCUT2D eigenvalue weighted by Gasteiger charge is -2.09. The predicted octanol–water partition coefficient (Wildman–Crippen LogP) is 5.53. The smallest absolute Gasteiger partial charge is 0.161 e. The summed E-state index contributed by atoms with van der Waals surface area (Å²) >= 11 is 9.74. The van der Waals surface area contributed by atoms with Crippen molar-refractivity contribution in [2.45, 2.75) is 6.92 Å². The average Bonchev–Trinajstić information content (AvgIpc) is 2.51. The molecule has 0 radical (unpaired) electrons. The van der Waals surface area contributed by atoms with Crippen LogP contribution in [-0.4, -0.2) is 9.97 Å². The van der Waals surface area contributed by atoms with Crippen LogP contribution in [0.3, 0.4) is 0 Å². The van der Waals surface area contributed by atoms with E-state index >= 15 is 0 Å². The van der Waals surface area contributed by atoms with Crippen LogP contribution in [0.1, 0.15) is 5.56 Å². The van der Waals surface area contributed by atoms with Crippen molar-refractivity contribution in [2.24, 2.45) is 0 Å². The lowest BCUT2D eigenvalue weighted by atomic mass is 10.1. The van der Waals surface area contributed by atoms with Crippen LogP contribution >= 0.6 is 27.5 Å². The Morgan fingerprint density at radius 1 is 0.905 bits per heavy atom. The minimum atomic E-state index is 0.417. The van der Waals surface area contributed by atoms with Gasteiger partial charge in [0.2, 0.25) is 0 Å². The monoisotopic (exact) mass is 358 g/mol. The fourth-order valence-electron chi connectivity index (χ4n) is 2.12. The third-order valence-electron chi connectivity index (χ3n) is 3.13. The number of hydrogen-bond donors (Lipinski definition) is 0. The topological polar surface area (TPSA) is 25.8 Å². The standard InChI is InChI=1S/C17H12BrClN2/c1-11-6-5-9-13(10-11)17-20-15(14(18)16(19)21-17)12-7-3-2-4-8-12/h2-10H,1H3. The van der Waals surface area contributed by atoms with Crippen molar-refractivity contribution in [3.05, 3.63) is 69.8 Å². The summed E-state index contributed by atoms with van der Waals surface area (Å²) in [5.74, 6) is 0.630. The van der Waals surface area contributed by atoms with Gasteiger partial charge in [-0.1, -0.05) is 65.7 Å². The third kappa shape index (κ3) is 2.99. The van der Waals surface area contributed by atoms with Gasteiger partial charge in [0.05, 0.1) is 10.2 Å². The van der Waals surface area contributed by atoms with Crippen molar-refractivity contribution in [1.82, 2.24) is 9.97 Å². The minimum absolute atomic E-state index is 0.417. The Balaban J connectivity index is 2.19. The van der Waals surface area contributed by atoms with Crippen molar-refractivity contribution in [1.29, 1.82) is 0 Å². The van der Waals surface area contributed by atoms with Crippen LogP contribution in [0.2, 0.25) is 5.15 Å². The van der Waals surface area contributed by atoms with Crippen molar-refractivity contribution in [2.75, 3.05) is 0 Å². The van der Waals surface area contributed by atoms with E-state index in [9.17, 15) is 0 Å². The van der Waals surface area contributed by atoms with Crippen LogP contribution in [0.5, 0.6) is 0 Å². The number of hydrogen-bond acceptors (Lipinski definition) is 2. The molecule has 3 rings (SSSR count). The number of aryl methyl sites for hydroxylation is 1. The molecule has 2 aromatic carbocycles. The summed E-state index contributed by atoms with van der Waals surface area (Å²) in [6.07, 6.45) is 0. The first-order valence-corrected chi connectivity index (χ1v) is 7.68. The number of halogens is 2. The van der Waals surface area contributed by atoms with E-state index in [1.165, 1.54) is 0 Å². The van der Waals surface area contributed by atoms with Gasteiger partial charge in [0.15, 0.2) is 5.82 Å². The zero-order valence-corrected chi connectivity index (χ0v) is 13.7. The quantitative estimate of drug-likeness (QED) is 0.562. The Labute approximate surface area is 137 Å². The molecule has 0 atom stereocenters. The maximum absolute atomic E-state index is 6.26. The molecule has 0 aliphatic heterocycles. The Kier molecular flexibility index (Phi) is 4.04. The molecule has 0 aliphatic rings. The summed E-state index contributed by atoms with van der Waals surface area (Å²) in [7, 11) is 0. The molecule has 2 nitrogen and oxygen atoms in total. The summed E-state index contributed by atoms with van der Waals surface area (Å²) < 4.78 is 0.715. The molecular formula is C17H12BrClN2. The third-order valence-corrected chi connectivity index (χ3v) is 4.39. The van der Waals surface area contributed by atoms with E-state index in [1.807, 2.05) is 61.5 Å². The van der Waals surface area contributed by atoms with Crippen LogP contribution < -0.4 is 0 Å². The summed E-state index contributed by atoms with van der Waals surface area (Å²) in [5, 5.41) is 0.417. The highest BCUT2D eigenvalue weighted by molar-refractivity contribution is 9.10. The van der Waals surface area contributed by atoms with E-state index in [2.05, 4.69) is 25.9 Å². The van der Waals surface area contributed by atoms with Crippen LogP contribution in [0, 0.1) is 6.92 Å². The molecule has 0 unspecified atom stereocenters. The zero-order valence-electron chi connectivity index (χ0n) is 11.3. The SMILES string of the molecule is Cc1cccc(-c2nc(Cl)c(Br)c(-c3ccccc3)n2)c1. The predicted molar refractivity (Wildman–Crippen MR) is 90.4 cm³/mol. The molecule has 1 heterocycles. The van der Waals surface area contributed by atoms with Crippen LogP contribution in [0.15, 0.2) is 59.1 Å². The maximum atomic E-state index is 6.26. The first-order chi connectivity index (χ1) is 10.1. The highest BCUT2D eigenvalue weighted by Gasteiger charge is 2.13. The second kappa shape index (κ2) is 5.96. The normalized spacial score (nSPS) is 10.6. The molecule has 104 valence electrons. The van der Waals surface area contributed by atoms with Gasteiger partial charge >= 0.3 is 0 Å². The van der Waals surface area contributed by atoms with E-state index in [0.717, 1.165) is 22.4 Å². The van der Waals surface area contributed by atoms with Crippen LogP contribution in [0.4, 0.5) is 0 Å². The van der Waals surface area contributed by atoms with Gasteiger partial charge in [0.1, 0.15) is 5.15 Å². The molecular weight excluding hydrogens is 348 g/mol. The molecule has 0 fully saturated rings. The fourth-order valence-corrected chi connectivity index (χ4v) is 2.70. The minimum Gasteiger partial charge on any atom is -0.227 e. The van der Waals surface area contributed by atoms with Gasteiger partial charge in [-0.15, -0.1) is 0 Å². The molecule has 0 aliphatic carbocycles. The number of nitrogens with zero attached hydrogens (tertiary/aromatic N) is 2. The fraction of sp³-hybridized carbons (Fsp3) is 0.0588. The first-order valence-electron chi connectivity index (χ1n) is 6.50. The zero-order chi connectivity index (χ0) is 14.8. The number of aromatic nitrogens is 2.